The van der Waals surface area contributed by atoms with Crippen LogP contribution in [0.1, 0.15) is 29.4 Å². The van der Waals surface area contributed by atoms with Gasteiger partial charge in [0.1, 0.15) is 11.9 Å². The lowest BCUT2D eigenvalue weighted by molar-refractivity contribution is -0.252. The van der Waals surface area contributed by atoms with Gasteiger partial charge in [0.15, 0.2) is 5.41 Å². The van der Waals surface area contributed by atoms with Crippen LogP contribution in [0.3, 0.4) is 0 Å². The summed E-state index contributed by atoms with van der Waals surface area (Å²) < 4.78 is 18.1. The highest BCUT2D eigenvalue weighted by Crippen LogP contribution is 2.69. The van der Waals surface area contributed by atoms with Crippen LogP contribution in [-0.2, 0) is 9.47 Å². The topological polar surface area (TPSA) is 123 Å². The Labute approximate surface area is 185 Å². The van der Waals surface area contributed by atoms with Crippen LogP contribution in [0.5, 0.6) is 5.75 Å². The highest BCUT2D eigenvalue weighted by molar-refractivity contribution is 9.10. The Bertz CT molecular complexity index is 1140. The number of benzene rings is 1. The number of thiophene rings is 1. The molecule has 4 unspecified atom stereocenters. The number of fused-ring (bicyclic) bond motifs is 2. The lowest BCUT2D eigenvalue weighted by Gasteiger charge is -2.48. The van der Waals surface area contributed by atoms with Gasteiger partial charge in [0.25, 0.3) is 0 Å². The van der Waals surface area contributed by atoms with Gasteiger partial charge in [0.05, 0.1) is 31.2 Å². The third-order valence-electron chi connectivity index (χ3n) is 5.81. The minimum Gasteiger partial charge on any atom is -0.497 e. The van der Waals surface area contributed by atoms with E-state index in [1.165, 1.54) is 11.3 Å². The first kappa shape index (κ1) is 20.4. The zero-order chi connectivity index (χ0) is 21.7. The predicted molar refractivity (Wildman–Crippen MR) is 111 cm³/mol. The average molecular weight is 483 g/mol. The number of ether oxygens (including phenoxy) is 3. The molecule has 2 bridgehead atoms. The van der Waals surface area contributed by atoms with E-state index < -0.39 is 34.5 Å². The normalized spacial score (nSPS) is 31.1. The van der Waals surface area contributed by atoms with Crippen molar-refractivity contribution in [2.75, 3.05) is 7.11 Å². The summed E-state index contributed by atoms with van der Waals surface area (Å²) in [5.41, 5.74) is -3.24. The van der Waals surface area contributed by atoms with Crippen LogP contribution in [0.2, 0.25) is 0 Å². The monoisotopic (exact) mass is 482 g/mol. The van der Waals surface area contributed by atoms with Gasteiger partial charge in [0.2, 0.25) is 17.1 Å². The van der Waals surface area contributed by atoms with E-state index in [0.29, 0.717) is 16.2 Å². The number of nitrogens with zero attached hydrogens (tertiary/aromatic N) is 3. The summed E-state index contributed by atoms with van der Waals surface area (Å²) >= 11 is 4.69. The molecule has 1 aromatic carbocycles. The Morgan fingerprint density at radius 1 is 1.17 bits per heavy atom. The molecule has 2 aliphatic heterocycles. The van der Waals surface area contributed by atoms with Crippen LogP contribution in [0.15, 0.2) is 40.2 Å². The van der Waals surface area contributed by atoms with E-state index in [1.54, 1.807) is 44.4 Å². The number of hydrogen-bond donors (Lipinski definition) is 1. The van der Waals surface area contributed by atoms with Gasteiger partial charge >= 0.3 is 0 Å². The summed E-state index contributed by atoms with van der Waals surface area (Å²) in [6, 6.07) is 14.9. The molecule has 2 fully saturated rings. The van der Waals surface area contributed by atoms with Crippen LogP contribution in [0, 0.1) is 50.2 Å². The van der Waals surface area contributed by atoms with Crippen molar-refractivity contribution in [2.24, 2.45) is 10.8 Å². The van der Waals surface area contributed by atoms with E-state index in [9.17, 15) is 15.8 Å². The lowest BCUT2D eigenvalue weighted by Crippen LogP contribution is -2.57. The van der Waals surface area contributed by atoms with Crippen molar-refractivity contribution in [2.45, 2.75) is 24.7 Å². The largest absolute Gasteiger partial charge is 0.497 e. The first-order valence-corrected chi connectivity index (χ1v) is 10.6. The van der Waals surface area contributed by atoms with Crippen LogP contribution in [0.4, 0.5) is 0 Å². The molecule has 9 heteroatoms. The molecule has 0 amide bonds. The van der Waals surface area contributed by atoms with Crippen molar-refractivity contribution in [3.05, 3.63) is 50.6 Å². The fourth-order valence-corrected chi connectivity index (χ4v) is 6.04. The summed E-state index contributed by atoms with van der Waals surface area (Å²) in [5, 5.41) is 41.3. The standard InChI is InChI=1S/C21H15BrN4O3S/c1-19-16(12-3-5-14(27-2)6-4-12)21(11-25,18(26)29-19)20(9-23,10-24)17(28-19)15-7-13(22)8-30-15/h3-8,16-17,26H,1-2H3. The Morgan fingerprint density at radius 2 is 1.83 bits per heavy atom. The third kappa shape index (κ3) is 2.39. The molecule has 2 aromatic rings. The Morgan fingerprint density at radius 3 is 2.33 bits per heavy atom. The van der Waals surface area contributed by atoms with Crippen molar-refractivity contribution < 1.29 is 14.2 Å². The van der Waals surface area contributed by atoms with E-state index in [4.69, 9.17) is 19.6 Å². The van der Waals surface area contributed by atoms with Gasteiger partial charge < -0.3 is 14.2 Å². The van der Waals surface area contributed by atoms with E-state index >= 15 is 0 Å². The molecule has 0 saturated carbocycles. The molecule has 2 aliphatic rings. The van der Waals surface area contributed by atoms with Crippen LogP contribution in [0.25, 0.3) is 0 Å². The van der Waals surface area contributed by atoms with Crippen molar-refractivity contribution in [1.82, 2.24) is 0 Å². The SMILES string of the molecule is COc1ccc(C2C3(C)OC(=N)C2(C#N)C(C#N)(C#N)C(c2cc(Br)cs2)O3)cc1. The second kappa shape index (κ2) is 6.82. The number of nitrogens with one attached hydrogen (secondary N) is 1. The molecule has 0 spiro atoms. The molecule has 0 radical (unpaired) electrons. The maximum atomic E-state index is 10.4. The van der Waals surface area contributed by atoms with Gasteiger partial charge in [-0.25, -0.2) is 0 Å². The van der Waals surface area contributed by atoms with Gasteiger partial charge in [-0.3, -0.25) is 5.41 Å². The maximum Gasteiger partial charge on any atom is 0.218 e. The Hall–Kier alpha value is -2.90. The lowest BCUT2D eigenvalue weighted by atomic mass is 9.53. The van der Waals surface area contributed by atoms with Crippen molar-refractivity contribution in [1.29, 1.82) is 21.2 Å². The van der Waals surface area contributed by atoms with Crippen molar-refractivity contribution in [3.63, 3.8) is 0 Å². The van der Waals surface area contributed by atoms with Crippen molar-refractivity contribution >= 4 is 33.2 Å². The Kier molecular flexibility index (Phi) is 4.63. The third-order valence-corrected chi connectivity index (χ3v) is 7.55. The van der Waals surface area contributed by atoms with Gasteiger partial charge in [-0.05, 0) is 39.7 Å². The Balaban J connectivity index is 2.00. The quantitative estimate of drug-likeness (QED) is 0.679. The maximum absolute atomic E-state index is 10.4. The number of halogens is 1. The second-order valence-electron chi connectivity index (χ2n) is 7.27. The number of methoxy groups -OCH3 is 1. The molecule has 3 heterocycles. The molecule has 150 valence electrons. The molecular formula is C21H15BrN4O3S. The van der Waals surface area contributed by atoms with Crippen LogP contribution in [-0.4, -0.2) is 18.8 Å². The van der Waals surface area contributed by atoms with E-state index in [-0.39, 0.29) is 0 Å². The minimum atomic E-state index is -2.00. The number of hydrogen-bond acceptors (Lipinski definition) is 8. The zero-order valence-corrected chi connectivity index (χ0v) is 18.4. The molecule has 30 heavy (non-hydrogen) atoms. The molecule has 1 N–H and O–H groups in total. The summed E-state index contributed by atoms with van der Waals surface area (Å²) in [5.74, 6) is -2.11. The van der Waals surface area contributed by atoms with E-state index in [2.05, 4.69) is 34.1 Å². The molecule has 4 atom stereocenters. The fraction of sp³-hybridized carbons (Fsp3) is 0.333. The van der Waals surface area contributed by atoms with Crippen LogP contribution >= 0.6 is 27.3 Å². The van der Waals surface area contributed by atoms with Crippen molar-refractivity contribution in [3.8, 4) is 24.0 Å². The van der Waals surface area contributed by atoms with Gasteiger partial charge in [-0.1, -0.05) is 12.1 Å². The summed E-state index contributed by atoms with van der Waals surface area (Å²) in [6.07, 6.45) is -1.06. The average Bonchev–Trinajstić information content (AvgIpc) is 3.25. The highest BCUT2D eigenvalue weighted by atomic mass is 79.9. The molecular weight excluding hydrogens is 468 g/mol. The van der Waals surface area contributed by atoms with Crippen LogP contribution < -0.4 is 4.74 Å². The molecule has 1 aromatic heterocycles. The fourth-order valence-electron chi connectivity index (χ4n) is 4.50. The first-order valence-electron chi connectivity index (χ1n) is 8.89. The molecule has 2 saturated heterocycles. The number of nitriles is 3. The van der Waals surface area contributed by atoms with Gasteiger partial charge in [0, 0.05) is 21.7 Å². The minimum absolute atomic E-state index is 0.436. The zero-order valence-electron chi connectivity index (χ0n) is 16.0. The molecule has 0 aliphatic carbocycles. The number of rotatable bonds is 3. The highest BCUT2D eigenvalue weighted by Gasteiger charge is 2.79. The molecule has 4 rings (SSSR count). The van der Waals surface area contributed by atoms with E-state index in [1.807, 2.05) is 5.38 Å². The second-order valence-corrected chi connectivity index (χ2v) is 9.13. The van der Waals surface area contributed by atoms with E-state index in [0.717, 1.165) is 4.47 Å². The van der Waals surface area contributed by atoms with Gasteiger partial charge in [-0.15, -0.1) is 11.3 Å². The summed E-state index contributed by atoms with van der Waals surface area (Å²) in [6.45, 7) is 1.64. The summed E-state index contributed by atoms with van der Waals surface area (Å²) in [4.78, 5) is 0.599. The van der Waals surface area contributed by atoms with Gasteiger partial charge in [-0.2, -0.15) is 15.8 Å². The molecule has 7 nitrogen and oxygen atoms in total. The smallest absolute Gasteiger partial charge is 0.218 e. The first-order chi connectivity index (χ1) is 14.3. The predicted octanol–water partition coefficient (Wildman–Crippen LogP) is 4.64. The summed E-state index contributed by atoms with van der Waals surface area (Å²) in [7, 11) is 1.54.